The molecule has 24 heavy (non-hydrogen) atoms. The number of fused-ring (bicyclic) bond motifs is 1. The summed E-state index contributed by atoms with van der Waals surface area (Å²) in [6, 6.07) is 7.77. The van der Waals surface area contributed by atoms with Crippen molar-refractivity contribution in [1.82, 2.24) is 9.47 Å². The molecule has 130 valence electrons. The van der Waals surface area contributed by atoms with Crippen LogP contribution in [0.2, 0.25) is 0 Å². The molecule has 0 N–H and O–H groups in total. The molecule has 1 heterocycles. The maximum absolute atomic E-state index is 13.0. The van der Waals surface area contributed by atoms with Gasteiger partial charge >= 0.3 is 0 Å². The molecule has 4 nitrogen and oxygen atoms in total. The quantitative estimate of drug-likeness (QED) is 0.541. The minimum atomic E-state index is -0.378. The van der Waals surface area contributed by atoms with E-state index in [9.17, 15) is 9.59 Å². The highest BCUT2D eigenvalue weighted by molar-refractivity contribution is 6.45. The molecule has 4 heteroatoms. The van der Waals surface area contributed by atoms with Gasteiger partial charge in [0.25, 0.3) is 11.7 Å². The highest BCUT2D eigenvalue weighted by Gasteiger charge is 2.27. The van der Waals surface area contributed by atoms with Crippen LogP contribution in [-0.4, -0.2) is 34.2 Å². The van der Waals surface area contributed by atoms with Gasteiger partial charge in [0.05, 0.1) is 5.56 Å². The predicted molar refractivity (Wildman–Crippen MR) is 98.4 cm³/mol. The summed E-state index contributed by atoms with van der Waals surface area (Å²) in [4.78, 5) is 27.5. The second kappa shape index (κ2) is 8.13. The van der Waals surface area contributed by atoms with Crippen molar-refractivity contribution in [3.8, 4) is 0 Å². The van der Waals surface area contributed by atoms with Gasteiger partial charge in [-0.3, -0.25) is 9.59 Å². The summed E-state index contributed by atoms with van der Waals surface area (Å²) in [6.07, 6.45) is 3.88. The Kier molecular flexibility index (Phi) is 6.18. The topological polar surface area (TPSA) is 42.3 Å². The van der Waals surface area contributed by atoms with Crippen molar-refractivity contribution in [3.63, 3.8) is 0 Å². The minimum absolute atomic E-state index is 0.364. The van der Waals surface area contributed by atoms with E-state index < -0.39 is 0 Å². The van der Waals surface area contributed by atoms with Gasteiger partial charge in [-0.2, -0.15) is 0 Å². The Morgan fingerprint density at radius 2 is 1.62 bits per heavy atom. The second-order valence-corrected chi connectivity index (χ2v) is 6.37. The van der Waals surface area contributed by atoms with Crippen LogP contribution in [0.15, 0.2) is 24.3 Å². The molecule has 1 amide bonds. The van der Waals surface area contributed by atoms with E-state index in [1.807, 2.05) is 42.8 Å². The third kappa shape index (κ3) is 3.53. The minimum Gasteiger partial charge on any atom is -0.347 e. The lowest BCUT2D eigenvalue weighted by Gasteiger charge is -2.21. The highest BCUT2D eigenvalue weighted by atomic mass is 16.2. The maximum atomic E-state index is 13.0. The fourth-order valence-electron chi connectivity index (χ4n) is 3.07. The van der Waals surface area contributed by atoms with Gasteiger partial charge < -0.3 is 9.47 Å². The van der Waals surface area contributed by atoms with Gasteiger partial charge in [-0.25, -0.2) is 0 Å². The van der Waals surface area contributed by atoms with E-state index in [-0.39, 0.29) is 11.7 Å². The summed E-state index contributed by atoms with van der Waals surface area (Å²) < 4.78 is 1.98. The lowest BCUT2D eigenvalue weighted by Crippen LogP contribution is -2.38. The Morgan fingerprint density at radius 1 is 1.04 bits per heavy atom. The monoisotopic (exact) mass is 328 g/mol. The molecule has 0 saturated carbocycles. The van der Waals surface area contributed by atoms with Gasteiger partial charge in [0.15, 0.2) is 0 Å². The van der Waals surface area contributed by atoms with Crippen LogP contribution in [0.4, 0.5) is 0 Å². The van der Waals surface area contributed by atoms with E-state index >= 15 is 0 Å². The van der Waals surface area contributed by atoms with Crippen LogP contribution in [-0.2, 0) is 11.8 Å². The van der Waals surface area contributed by atoms with Crippen molar-refractivity contribution in [1.29, 1.82) is 0 Å². The van der Waals surface area contributed by atoms with Gasteiger partial charge in [-0.05, 0) is 25.8 Å². The van der Waals surface area contributed by atoms with Crippen molar-refractivity contribution >= 4 is 22.6 Å². The number of benzene rings is 1. The number of amides is 1. The van der Waals surface area contributed by atoms with Gasteiger partial charge in [-0.15, -0.1) is 0 Å². The summed E-state index contributed by atoms with van der Waals surface area (Å²) in [5.41, 5.74) is 2.39. The average Bonchev–Trinajstić information content (AvgIpc) is 2.85. The molecule has 2 aromatic rings. The maximum Gasteiger partial charge on any atom is 0.295 e. The van der Waals surface area contributed by atoms with Crippen molar-refractivity contribution in [2.45, 2.75) is 46.5 Å². The number of aryl methyl sites for hydroxylation is 1. The van der Waals surface area contributed by atoms with E-state index in [1.165, 1.54) is 0 Å². The molecule has 0 aliphatic carbocycles. The number of aromatic nitrogens is 1. The van der Waals surface area contributed by atoms with E-state index in [4.69, 9.17) is 0 Å². The first-order chi connectivity index (χ1) is 11.5. The fourth-order valence-corrected chi connectivity index (χ4v) is 3.07. The molecule has 0 atom stereocenters. The Hall–Kier alpha value is -2.10. The van der Waals surface area contributed by atoms with E-state index in [0.29, 0.717) is 18.7 Å². The summed E-state index contributed by atoms with van der Waals surface area (Å²) in [6.45, 7) is 7.41. The van der Waals surface area contributed by atoms with Gasteiger partial charge in [0.2, 0.25) is 0 Å². The number of hydrogen-bond acceptors (Lipinski definition) is 2. The van der Waals surface area contributed by atoms with Crippen molar-refractivity contribution in [3.05, 3.63) is 35.5 Å². The summed E-state index contributed by atoms with van der Waals surface area (Å²) in [5.74, 6) is -0.743. The molecule has 0 bridgehead atoms. The lowest BCUT2D eigenvalue weighted by atomic mass is 10.1. The molecule has 0 radical (unpaired) electrons. The number of carbonyl (C=O) groups excluding carboxylic acids is 2. The Balaban J connectivity index is 2.35. The molecule has 2 rings (SSSR count). The number of hydrogen-bond donors (Lipinski definition) is 0. The third-order valence-corrected chi connectivity index (χ3v) is 4.67. The zero-order chi connectivity index (χ0) is 17.7. The molecule has 0 aliphatic rings. The van der Waals surface area contributed by atoms with Crippen LogP contribution < -0.4 is 0 Å². The van der Waals surface area contributed by atoms with Gasteiger partial charge in [-0.1, -0.05) is 44.9 Å². The summed E-state index contributed by atoms with van der Waals surface area (Å²) in [7, 11) is 1.94. The van der Waals surface area contributed by atoms with Crippen LogP contribution in [0, 0.1) is 6.92 Å². The molecular weight excluding hydrogens is 300 g/mol. The molecule has 0 spiro atoms. The standard InChI is InChI=1S/C20H28N2O2/c1-5-7-13-22(14-8-6-2)20(24)19(23)18-15(3)21(4)17-12-10-9-11-16(17)18/h9-12H,5-8,13-14H2,1-4H3. The Bertz CT molecular complexity index is 723. The van der Waals surface area contributed by atoms with E-state index in [2.05, 4.69) is 13.8 Å². The number of para-hydroxylation sites is 1. The van der Waals surface area contributed by atoms with Crippen molar-refractivity contribution in [2.24, 2.45) is 7.05 Å². The third-order valence-electron chi connectivity index (χ3n) is 4.67. The number of Topliss-reactive ketones (excluding diaryl/α,β-unsaturated/α-hetero) is 1. The summed E-state index contributed by atoms with van der Waals surface area (Å²) >= 11 is 0. The first-order valence-electron chi connectivity index (χ1n) is 8.90. The number of unbranched alkanes of at least 4 members (excludes halogenated alkanes) is 2. The summed E-state index contributed by atoms with van der Waals surface area (Å²) in [5, 5.41) is 0.863. The zero-order valence-electron chi connectivity index (χ0n) is 15.3. The van der Waals surface area contributed by atoms with Crippen LogP contribution in [0.25, 0.3) is 10.9 Å². The SMILES string of the molecule is CCCCN(CCCC)C(=O)C(=O)c1c(C)n(C)c2ccccc12. The first kappa shape index (κ1) is 18.2. The molecule has 0 unspecified atom stereocenters. The van der Waals surface area contributed by atoms with Crippen molar-refractivity contribution in [2.75, 3.05) is 13.1 Å². The van der Waals surface area contributed by atoms with Gasteiger partial charge in [0.1, 0.15) is 0 Å². The van der Waals surface area contributed by atoms with Crippen LogP contribution >= 0.6 is 0 Å². The molecule has 0 aliphatic heterocycles. The average molecular weight is 328 g/mol. The highest BCUT2D eigenvalue weighted by Crippen LogP contribution is 2.25. The molecule has 0 saturated heterocycles. The molecular formula is C20H28N2O2. The van der Waals surface area contributed by atoms with E-state index in [0.717, 1.165) is 42.3 Å². The Morgan fingerprint density at radius 3 is 2.21 bits per heavy atom. The Labute approximate surface area is 144 Å². The van der Waals surface area contributed by atoms with E-state index in [1.54, 1.807) is 4.90 Å². The number of nitrogens with zero attached hydrogens (tertiary/aromatic N) is 2. The van der Waals surface area contributed by atoms with Crippen LogP contribution in [0.3, 0.4) is 0 Å². The zero-order valence-corrected chi connectivity index (χ0v) is 15.3. The lowest BCUT2D eigenvalue weighted by molar-refractivity contribution is -0.126. The first-order valence-corrected chi connectivity index (χ1v) is 8.90. The molecule has 1 aromatic carbocycles. The van der Waals surface area contributed by atoms with Crippen LogP contribution in [0.1, 0.15) is 55.6 Å². The number of ketones is 1. The van der Waals surface area contributed by atoms with Crippen LogP contribution in [0.5, 0.6) is 0 Å². The van der Waals surface area contributed by atoms with Gasteiger partial charge in [0, 0.05) is 36.7 Å². The second-order valence-electron chi connectivity index (χ2n) is 6.37. The largest absolute Gasteiger partial charge is 0.347 e. The fraction of sp³-hybridized carbons (Fsp3) is 0.500. The molecule has 1 aromatic heterocycles. The normalized spacial score (nSPS) is 11.0. The predicted octanol–water partition coefficient (Wildman–Crippen LogP) is 4.10. The van der Waals surface area contributed by atoms with Crippen molar-refractivity contribution < 1.29 is 9.59 Å². The number of carbonyl (C=O) groups is 2. The number of rotatable bonds is 8. The smallest absolute Gasteiger partial charge is 0.295 e. The molecule has 0 fully saturated rings.